The number of halogens is 2. The third kappa shape index (κ3) is 6.23. The Morgan fingerprint density at radius 2 is 0.966 bits per heavy atom. The third-order valence-electron chi connectivity index (χ3n) is 7.66. The quantitative estimate of drug-likeness (QED) is 0.504. The van der Waals surface area contributed by atoms with E-state index < -0.39 is 0 Å². The molecule has 29 heavy (non-hydrogen) atoms. The van der Waals surface area contributed by atoms with Gasteiger partial charge in [-0.1, -0.05) is 53.4 Å². The molecule has 0 heterocycles. The summed E-state index contributed by atoms with van der Waals surface area (Å²) in [5.41, 5.74) is 4.01. The van der Waals surface area contributed by atoms with E-state index in [1.165, 1.54) is 62.5 Å². The molecule has 2 saturated carbocycles. The molecular formula is C26H38Cl2Zr. The van der Waals surface area contributed by atoms with Gasteiger partial charge in [0.25, 0.3) is 0 Å². The van der Waals surface area contributed by atoms with Crippen LogP contribution in [0.1, 0.15) is 91.9 Å². The van der Waals surface area contributed by atoms with Crippen molar-refractivity contribution >= 4 is 0 Å². The van der Waals surface area contributed by atoms with Gasteiger partial charge >= 0.3 is 26.2 Å². The summed E-state index contributed by atoms with van der Waals surface area (Å²) in [4.78, 5) is 0. The SMILES string of the molecule is CC(C)C1(C2=[C-]CC=C2)CCCC1.CC(C)C1(C2=[C-]CC=C2)CCCC1.[Cl-].[Cl-].[Zr+4]. The van der Waals surface area contributed by atoms with Gasteiger partial charge in [0, 0.05) is 0 Å². The molecule has 0 N–H and O–H groups in total. The second kappa shape index (κ2) is 13.1. The second-order valence-corrected chi connectivity index (χ2v) is 9.43. The largest absolute Gasteiger partial charge is 4.00 e. The molecule has 0 nitrogen and oxygen atoms in total. The molecule has 0 amide bonds. The molecule has 0 spiro atoms. The standard InChI is InChI=1S/2C13H19.2ClH.Zr/c2*1-11(2)13(9-5-6-10-13)12-7-3-4-8-12;;;/h2*3,7,11H,4-6,9-10H2,1-2H3;2*1H;/q2*-1;;;+4/p-2. The van der Waals surface area contributed by atoms with Crippen molar-refractivity contribution in [3.63, 3.8) is 0 Å². The fourth-order valence-electron chi connectivity index (χ4n) is 5.82. The normalized spacial score (nSPS) is 23.0. The maximum Gasteiger partial charge on any atom is 4.00 e. The first-order valence-corrected chi connectivity index (χ1v) is 11.1. The summed E-state index contributed by atoms with van der Waals surface area (Å²) < 4.78 is 0. The molecule has 0 saturated heterocycles. The van der Waals surface area contributed by atoms with Crippen molar-refractivity contribution in [2.45, 2.75) is 91.9 Å². The predicted molar refractivity (Wildman–Crippen MR) is 113 cm³/mol. The van der Waals surface area contributed by atoms with Crippen molar-refractivity contribution in [1.29, 1.82) is 0 Å². The monoisotopic (exact) mass is 510 g/mol. The van der Waals surface area contributed by atoms with Gasteiger partial charge in [0.15, 0.2) is 0 Å². The van der Waals surface area contributed by atoms with Crippen LogP contribution in [0.25, 0.3) is 0 Å². The van der Waals surface area contributed by atoms with E-state index in [9.17, 15) is 0 Å². The van der Waals surface area contributed by atoms with E-state index in [-0.39, 0.29) is 51.0 Å². The summed E-state index contributed by atoms with van der Waals surface area (Å²) in [7, 11) is 0. The fourth-order valence-corrected chi connectivity index (χ4v) is 5.82. The van der Waals surface area contributed by atoms with Crippen molar-refractivity contribution in [2.24, 2.45) is 22.7 Å². The molecule has 4 rings (SSSR count). The number of hydrogen-bond donors (Lipinski definition) is 0. The summed E-state index contributed by atoms with van der Waals surface area (Å²) in [5, 5.41) is 0. The zero-order chi connectivity index (χ0) is 18.6. The molecule has 0 radical (unpaired) electrons. The maximum atomic E-state index is 3.53. The zero-order valence-electron chi connectivity index (χ0n) is 18.8. The van der Waals surface area contributed by atoms with Gasteiger partial charge in [-0.25, -0.2) is 23.3 Å². The minimum Gasteiger partial charge on any atom is -1.00 e. The van der Waals surface area contributed by atoms with E-state index in [2.05, 4.69) is 64.2 Å². The Morgan fingerprint density at radius 3 is 1.17 bits per heavy atom. The van der Waals surface area contributed by atoms with E-state index in [0.29, 0.717) is 10.8 Å². The molecule has 0 aliphatic heterocycles. The van der Waals surface area contributed by atoms with Crippen LogP contribution in [0.3, 0.4) is 0 Å². The van der Waals surface area contributed by atoms with Crippen molar-refractivity contribution in [2.75, 3.05) is 0 Å². The summed E-state index contributed by atoms with van der Waals surface area (Å²) in [6, 6.07) is 0. The Kier molecular flexibility index (Phi) is 13.3. The van der Waals surface area contributed by atoms with Crippen LogP contribution in [-0.4, -0.2) is 0 Å². The van der Waals surface area contributed by atoms with E-state index in [0.717, 1.165) is 24.7 Å². The first kappa shape index (κ1) is 29.4. The van der Waals surface area contributed by atoms with Crippen LogP contribution in [0, 0.1) is 34.8 Å². The number of rotatable bonds is 4. The van der Waals surface area contributed by atoms with Gasteiger partial charge in [-0.15, -0.1) is 12.8 Å². The first-order valence-electron chi connectivity index (χ1n) is 11.1. The molecule has 4 aliphatic carbocycles. The Balaban J connectivity index is 0.000000490. The smallest absolute Gasteiger partial charge is 1.00 e. The van der Waals surface area contributed by atoms with E-state index in [1.807, 2.05) is 0 Å². The molecule has 3 heteroatoms. The molecule has 0 aromatic rings. The predicted octanol–water partition coefficient (Wildman–Crippen LogP) is 1.79. The summed E-state index contributed by atoms with van der Waals surface area (Å²) in [5.74, 6) is 1.56. The Bertz CT molecular complexity index is 544. The Labute approximate surface area is 212 Å². The van der Waals surface area contributed by atoms with Crippen molar-refractivity contribution in [3.8, 4) is 0 Å². The van der Waals surface area contributed by atoms with Crippen LogP contribution in [0.2, 0.25) is 0 Å². The third-order valence-corrected chi connectivity index (χ3v) is 7.66. The van der Waals surface area contributed by atoms with E-state index >= 15 is 0 Å². The summed E-state index contributed by atoms with van der Waals surface area (Å²) in [6.45, 7) is 9.47. The average Bonchev–Trinajstić information content (AvgIpc) is 3.45. The Hall–Kier alpha value is 0.423. The molecule has 0 aromatic heterocycles. The number of allylic oxidation sites excluding steroid dienone is 8. The molecule has 0 unspecified atom stereocenters. The van der Waals surface area contributed by atoms with Gasteiger partial charge < -0.3 is 24.8 Å². The molecular weight excluding hydrogens is 474 g/mol. The Morgan fingerprint density at radius 1 is 0.655 bits per heavy atom. The molecule has 4 aliphatic rings. The molecule has 2 fully saturated rings. The van der Waals surface area contributed by atoms with Crippen molar-refractivity contribution in [1.82, 2.24) is 0 Å². The fraction of sp³-hybridized carbons (Fsp3) is 0.692. The van der Waals surface area contributed by atoms with Crippen LogP contribution < -0.4 is 24.8 Å². The van der Waals surface area contributed by atoms with Crippen LogP contribution in [-0.2, 0) is 26.2 Å². The summed E-state index contributed by atoms with van der Waals surface area (Å²) in [6.07, 6.45) is 29.5. The molecule has 160 valence electrons. The van der Waals surface area contributed by atoms with Gasteiger partial charge in [-0.3, -0.25) is 12.2 Å². The molecule has 0 bridgehead atoms. The van der Waals surface area contributed by atoms with Gasteiger partial charge in [-0.2, -0.15) is 12.2 Å². The topological polar surface area (TPSA) is 0 Å². The zero-order valence-corrected chi connectivity index (χ0v) is 22.8. The first-order chi connectivity index (χ1) is 12.5. The van der Waals surface area contributed by atoms with Gasteiger partial charge in [-0.05, 0) is 48.3 Å². The van der Waals surface area contributed by atoms with E-state index in [4.69, 9.17) is 0 Å². The van der Waals surface area contributed by atoms with Gasteiger partial charge in [0.2, 0.25) is 0 Å². The van der Waals surface area contributed by atoms with E-state index in [1.54, 1.807) is 0 Å². The van der Waals surface area contributed by atoms with Gasteiger partial charge in [0.05, 0.1) is 0 Å². The van der Waals surface area contributed by atoms with Crippen LogP contribution >= 0.6 is 0 Å². The van der Waals surface area contributed by atoms with Gasteiger partial charge in [0.1, 0.15) is 0 Å². The molecule has 0 aromatic carbocycles. The maximum absolute atomic E-state index is 3.53. The van der Waals surface area contributed by atoms with Crippen molar-refractivity contribution < 1.29 is 51.0 Å². The van der Waals surface area contributed by atoms with Crippen LogP contribution in [0.4, 0.5) is 0 Å². The summed E-state index contributed by atoms with van der Waals surface area (Å²) >= 11 is 0. The van der Waals surface area contributed by atoms with Crippen LogP contribution in [0.15, 0.2) is 35.5 Å². The van der Waals surface area contributed by atoms with Crippen LogP contribution in [0.5, 0.6) is 0 Å². The molecule has 0 atom stereocenters. The van der Waals surface area contributed by atoms with Crippen molar-refractivity contribution in [3.05, 3.63) is 47.6 Å². The second-order valence-electron chi connectivity index (χ2n) is 9.43. The average molecular weight is 513 g/mol. The minimum atomic E-state index is 0. The number of hydrogen-bond acceptors (Lipinski definition) is 0. The minimum absolute atomic E-state index is 0.